The molecule has 4 aromatic rings. The van der Waals surface area contributed by atoms with Crippen LogP contribution in [0.4, 0.5) is 0 Å². The summed E-state index contributed by atoms with van der Waals surface area (Å²) in [4.78, 5) is 13.1. The highest BCUT2D eigenvalue weighted by Crippen LogP contribution is 2.24. The maximum absolute atomic E-state index is 13.1. The monoisotopic (exact) mass is 431 g/mol. The molecular formula is C24H29N7O. The molecule has 2 heterocycles. The number of hydrogen-bond donors (Lipinski definition) is 1. The highest BCUT2D eigenvalue weighted by Gasteiger charge is 2.22. The van der Waals surface area contributed by atoms with Gasteiger partial charge in [-0.3, -0.25) is 4.57 Å². The molecule has 32 heavy (non-hydrogen) atoms. The highest BCUT2D eigenvalue weighted by molar-refractivity contribution is 5.70. The number of tetrazole rings is 1. The van der Waals surface area contributed by atoms with Gasteiger partial charge in [-0.25, -0.2) is 14.6 Å². The van der Waals surface area contributed by atoms with Gasteiger partial charge in [-0.05, 0) is 60.4 Å². The van der Waals surface area contributed by atoms with E-state index in [2.05, 4.69) is 69.0 Å². The molecule has 0 atom stereocenters. The number of aromatic amines is 1. The van der Waals surface area contributed by atoms with Gasteiger partial charge >= 0.3 is 5.69 Å². The molecule has 0 unspecified atom stereocenters. The Balaban J connectivity index is 1.60. The standard InChI is InChI=1S/C24H29N7O/c1-5-6-10-21-27-31(24(2,3)4)23(32)30(21)16-17-11-13-18(14-12-17)19-8-7-9-20(15-19)22-25-28-29-26-22/h7-9,11-15H,5-6,10,16H2,1-4H3,(H,25,26,28,29). The van der Waals surface area contributed by atoms with Gasteiger partial charge in [0, 0.05) is 12.0 Å². The molecule has 0 saturated heterocycles. The van der Waals surface area contributed by atoms with Crippen LogP contribution in [-0.2, 0) is 18.5 Å². The fraction of sp³-hybridized carbons (Fsp3) is 0.375. The largest absolute Gasteiger partial charge is 0.346 e. The summed E-state index contributed by atoms with van der Waals surface area (Å²) < 4.78 is 3.42. The first kappa shape index (κ1) is 21.7. The van der Waals surface area contributed by atoms with Gasteiger partial charge < -0.3 is 0 Å². The maximum atomic E-state index is 13.1. The third-order valence-electron chi connectivity index (χ3n) is 5.44. The molecule has 1 N–H and O–H groups in total. The Kier molecular flexibility index (Phi) is 6.03. The second-order valence-electron chi connectivity index (χ2n) is 9.00. The number of H-pyrrole nitrogens is 1. The van der Waals surface area contributed by atoms with E-state index in [1.165, 1.54) is 0 Å². The molecule has 8 heteroatoms. The van der Waals surface area contributed by atoms with Gasteiger partial charge in [0.25, 0.3) is 0 Å². The van der Waals surface area contributed by atoms with E-state index in [1.54, 1.807) is 4.68 Å². The van der Waals surface area contributed by atoms with Gasteiger partial charge in [0.15, 0.2) is 5.82 Å². The van der Waals surface area contributed by atoms with Crippen molar-refractivity contribution in [3.05, 3.63) is 70.4 Å². The third-order valence-corrected chi connectivity index (χ3v) is 5.44. The number of nitrogens with one attached hydrogen (secondary N) is 1. The lowest BCUT2D eigenvalue weighted by molar-refractivity contribution is 0.339. The van der Waals surface area contributed by atoms with Crippen molar-refractivity contribution in [2.24, 2.45) is 0 Å². The lowest BCUT2D eigenvalue weighted by Crippen LogP contribution is -2.36. The van der Waals surface area contributed by atoms with Crippen LogP contribution in [0.25, 0.3) is 22.5 Å². The van der Waals surface area contributed by atoms with Crippen LogP contribution in [0.3, 0.4) is 0 Å². The molecule has 0 bridgehead atoms. The number of benzene rings is 2. The smallest absolute Gasteiger partial charge is 0.274 e. The van der Waals surface area contributed by atoms with Crippen LogP contribution >= 0.6 is 0 Å². The average Bonchev–Trinajstić information content (AvgIpc) is 3.42. The molecule has 0 fully saturated rings. The van der Waals surface area contributed by atoms with Crippen molar-refractivity contribution in [3.63, 3.8) is 0 Å². The quantitative estimate of drug-likeness (QED) is 0.477. The van der Waals surface area contributed by atoms with E-state index in [0.29, 0.717) is 12.4 Å². The fourth-order valence-electron chi connectivity index (χ4n) is 3.67. The van der Waals surface area contributed by atoms with Crippen LogP contribution in [0.15, 0.2) is 53.3 Å². The van der Waals surface area contributed by atoms with E-state index in [1.807, 2.05) is 37.5 Å². The molecular weight excluding hydrogens is 402 g/mol. The summed E-state index contributed by atoms with van der Waals surface area (Å²) in [5.41, 5.74) is 3.76. The summed E-state index contributed by atoms with van der Waals surface area (Å²) in [5.74, 6) is 1.49. The second kappa shape index (κ2) is 8.90. The summed E-state index contributed by atoms with van der Waals surface area (Å²) >= 11 is 0. The molecule has 4 rings (SSSR count). The predicted octanol–water partition coefficient (Wildman–Crippen LogP) is 4.04. The fourth-order valence-corrected chi connectivity index (χ4v) is 3.67. The topological polar surface area (TPSA) is 94.3 Å². The van der Waals surface area contributed by atoms with Gasteiger partial charge in [-0.2, -0.15) is 5.10 Å². The molecule has 0 spiro atoms. The Morgan fingerprint density at radius 2 is 1.75 bits per heavy atom. The first-order chi connectivity index (χ1) is 15.4. The summed E-state index contributed by atoms with van der Waals surface area (Å²) in [5, 5.41) is 18.7. The third kappa shape index (κ3) is 4.54. The highest BCUT2D eigenvalue weighted by atomic mass is 16.2. The van der Waals surface area contributed by atoms with Crippen molar-refractivity contribution in [3.8, 4) is 22.5 Å². The van der Waals surface area contributed by atoms with Crippen molar-refractivity contribution >= 4 is 0 Å². The molecule has 166 valence electrons. The minimum Gasteiger partial charge on any atom is -0.274 e. The Bertz CT molecular complexity index is 1230. The minimum atomic E-state index is -0.350. The van der Waals surface area contributed by atoms with E-state index in [-0.39, 0.29) is 11.2 Å². The van der Waals surface area contributed by atoms with Crippen molar-refractivity contribution in [2.45, 2.75) is 59.0 Å². The molecule has 0 aliphatic carbocycles. The Labute approximate surface area is 187 Å². The SMILES string of the molecule is CCCCc1nn(C(C)(C)C)c(=O)n1Cc1ccc(-c2cccc(-c3nnn[nH]3)c2)cc1. The van der Waals surface area contributed by atoms with Gasteiger partial charge in [-0.15, -0.1) is 5.10 Å². The minimum absolute atomic E-state index is 0.0546. The molecule has 0 aliphatic rings. The first-order valence-corrected chi connectivity index (χ1v) is 11.0. The zero-order valence-corrected chi connectivity index (χ0v) is 19.0. The maximum Gasteiger partial charge on any atom is 0.346 e. The van der Waals surface area contributed by atoms with Crippen LogP contribution < -0.4 is 5.69 Å². The van der Waals surface area contributed by atoms with E-state index in [9.17, 15) is 4.79 Å². The number of nitrogens with zero attached hydrogens (tertiary/aromatic N) is 6. The molecule has 8 nitrogen and oxygen atoms in total. The van der Waals surface area contributed by atoms with Crippen molar-refractivity contribution in [2.75, 3.05) is 0 Å². The van der Waals surface area contributed by atoms with Crippen LogP contribution in [0, 0.1) is 0 Å². The molecule has 2 aromatic carbocycles. The number of unbranched alkanes of at least 4 members (excludes halogenated alkanes) is 1. The summed E-state index contributed by atoms with van der Waals surface area (Å²) in [6, 6.07) is 16.4. The van der Waals surface area contributed by atoms with E-state index in [4.69, 9.17) is 0 Å². The Morgan fingerprint density at radius 1 is 1.00 bits per heavy atom. The summed E-state index contributed by atoms with van der Waals surface area (Å²) in [6.45, 7) is 8.68. The van der Waals surface area contributed by atoms with Crippen LogP contribution in [0.2, 0.25) is 0 Å². The second-order valence-corrected chi connectivity index (χ2v) is 9.00. The van der Waals surface area contributed by atoms with Crippen molar-refractivity contribution < 1.29 is 0 Å². The zero-order chi connectivity index (χ0) is 22.7. The van der Waals surface area contributed by atoms with Crippen LogP contribution in [0.1, 0.15) is 51.9 Å². The number of aromatic nitrogens is 7. The molecule has 0 amide bonds. The normalized spacial score (nSPS) is 11.8. The average molecular weight is 432 g/mol. The van der Waals surface area contributed by atoms with Crippen LogP contribution in [-0.4, -0.2) is 35.0 Å². The molecule has 0 radical (unpaired) electrons. The number of hydrogen-bond acceptors (Lipinski definition) is 5. The first-order valence-electron chi connectivity index (χ1n) is 11.0. The van der Waals surface area contributed by atoms with Gasteiger partial charge in [0.05, 0.1) is 12.1 Å². The number of aryl methyl sites for hydroxylation is 1. The van der Waals surface area contributed by atoms with Crippen molar-refractivity contribution in [1.29, 1.82) is 0 Å². The lowest BCUT2D eigenvalue weighted by Gasteiger charge is -2.16. The van der Waals surface area contributed by atoms with Crippen LogP contribution in [0.5, 0.6) is 0 Å². The Morgan fingerprint density at radius 3 is 2.41 bits per heavy atom. The lowest BCUT2D eigenvalue weighted by atomic mass is 10.0. The van der Waals surface area contributed by atoms with E-state index >= 15 is 0 Å². The summed E-state index contributed by atoms with van der Waals surface area (Å²) in [7, 11) is 0. The molecule has 2 aromatic heterocycles. The summed E-state index contributed by atoms with van der Waals surface area (Å²) in [6.07, 6.45) is 2.88. The number of rotatable bonds is 7. The van der Waals surface area contributed by atoms with Gasteiger partial charge in [-0.1, -0.05) is 55.8 Å². The molecule has 0 saturated carbocycles. The zero-order valence-electron chi connectivity index (χ0n) is 19.0. The predicted molar refractivity (Wildman–Crippen MR) is 124 cm³/mol. The van der Waals surface area contributed by atoms with E-state index in [0.717, 1.165) is 47.3 Å². The molecule has 0 aliphatic heterocycles. The van der Waals surface area contributed by atoms with E-state index < -0.39 is 0 Å². The van der Waals surface area contributed by atoms with Gasteiger partial charge in [0.2, 0.25) is 0 Å². The Hall–Kier alpha value is -3.55. The van der Waals surface area contributed by atoms with Crippen molar-refractivity contribution in [1.82, 2.24) is 35.0 Å². The van der Waals surface area contributed by atoms with Gasteiger partial charge in [0.1, 0.15) is 5.82 Å².